The maximum atomic E-state index is 12.3. The smallest absolute Gasteiger partial charge is 0.232 e. The summed E-state index contributed by atoms with van der Waals surface area (Å²) in [5.74, 6) is -0.117. The summed E-state index contributed by atoms with van der Waals surface area (Å²) < 4.78 is 1.07. The Morgan fingerprint density at radius 3 is 2.96 bits per heavy atom. The van der Waals surface area contributed by atoms with Crippen LogP contribution in [0.5, 0.6) is 0 Å². The van der Waals surface area contributed by atoms with Crippen LogP contribution >= 0.6 is 22.7 Å². The van der Waals surface area contributed by atoms with Crippen LogP contribution in [0.4, 0.5) is 5.13 Å². The van der Waals surface area contributed by atoms with E-state index in [1.165, 1.54) is 28.2 Å². The summed E-state index contributed by atoms with van der Waals surface area (Å²) in [6, 6.07) is 11.8. The second-order valence-corrected chi connectivity index (χ2v) is 7.46. The van der Waals surface area contributed by atoms with E-state index < -0.39 is 0 Å². The molecule has 0 saturated carbocycles. The number of aromatic nitrogens is 3. The van der Waals surface area contributed by atoms with Gasteiger partial charge in [0.1, 0.15) is 5.01 Å². The number of nitrogens with one attached hydrogen (secondary N) is 1. The molecule has 124 valence electrons. The molecule has 1 aromatic carbocycles. The number of thiazole rings is 2. The third-order valence-corrected chi connectivity index (χ3v) is 5.41. The third kappa shape index (κ3) is 3.57. The molecule has 3 heterocycles. The Labute approximate surface area is 152 Å². The Morgan fingerprint density at radius 1 is 1.20 bits per heavy atom. The summed E-state index contributed by atoms with van der Waals surface area (Å²) in [7, 11) is 0. The van der Waals surface area contributed by atoms with Gasteiger partial charge >= 0.3 is 0 Å². The maximum absolute atomic E-state index is 12.3. The largest absolute Gasteiger partial charge is 0.302 e. The van der Waals surface area contributed by atoms with Gasteiger partial charge in [0.15, 0.2) is 5.13 Å². The standard InChI is InChI=1S/C18H14N4OS2/c1-11-5-6-13-15(8-11)25-18(21-13)22-16(23)9-12-10-24-17(20-12)14-4-2-3-7-19-14/h2-8,10H,9H2,1H3,(H,21,22,23). The van der Waals surface area contributed by atoms with E-state index in [1.807, 2.05) is 42.6 Å². The molecule has 0 radical (unpaired) electrons. The van der Waals surface area contributed by atoms with Gasteiger partial charge in [-0.1, -0.05) is 23.5 Å². The number of fused-ring (bicyclic) bond motifs is 1. The third-order valence-electron chi connectivity index (χ3n) is 3.57. The minimum atomic E-state index is -0.117. The minimum absolute atomic E-state index is 0.117. The van der Waals surface area contributed by atoms with Gasteiger partial charge in [-0.25, -0.2) is 9.97 Å². The lowest BCUT2D eigenvalue weighted by atomic mass is 10.2. The molecule has 0 saturated heterocycles. The Hall–Kier alpha value is -2.64. The highest BCUT2D eigenvalue weighted by Gasteiger charge is 2.12. The summed E-state index contributed by atoms with van der Waals surface area (Å²) in [6.07, 6.45) is 1.95. The van der Waals surface area contributed by atoms with Crippen LogP contribution in [0.25, 0.3) is 20.9 Å². The van der Waals surface area contributed by atoms with E-state index in [1.54, 1.807) is 6.20 Å². The van der Waals surface area contributed by atoms with Gasteiger partial charge in [-0.3, -0.25) is 9.78 Å². The zero-order valence-corrected chi connectivity index (χ0v) is 15.0. The SMILES string of the molecule is Cc1ccc2nc(NC(=O)Cc3csc(-c4ccccn4)n3)sc2c1. The number of anilines is 1. The highest BCUT2D eigenvalue weighted by Crippen LogP contribution is 2.27. The number of carbonyl (C=O) groups excluding carboxylic acids is 1. The molecule has 4 aromatic rings. The van der Waals surface area contributed by atoms with Crippen molar-refractivity contribution in [1.82, 2.24) is 15.0 Å². The fourth-order valence-corrected chi connectivity index (χ4v) is 4.18. The van der Waals surface area contributed by atoms with Gasteiger partial charge < -0.3 is 5.32 Å². The normalized spacial score (nSPS) is 10.9. The number of nitrogens with zero attached hydrogens (tertiary/aromatic N) is 3. The highest BCUT2D eigenvalue weighted by atomic mass is 32.1. The van der Waals surface area contributed by atoms with Crippen molar-refractivity contribution in [1.29, 1.82) is 0 Å². The first-order chi connectivity index (χ1) is 12.2. The lowest BCUT2D eigenvalue weighted by molar-refractivity contribution is -0.115. The van der Waals surface area contributed by atoms with Crippen LogP contribution in [0.2, 0.25) is 0 Å². The van der Waals surface area contributed by atoms with Crippen LogP contribution in [-0.2, 0) is 11.2 Å². The molecule has 0 fully saturated rings. The van der Waals surface area contributed by atoms with Crippen LogP contribution in [0.15, 0.2) is 48.0 Å². The van der Waals surface area contributed by atoms with Crippen molar-refractivity contribution >= 4 is 43.9 Å². The van der Waals surface area contributed by atoms with Crippen molar-refractivity contribution in [2.75, 3.05) is 5.32 Å². The van der Waals surface area contributed by atoms with Crippen LogP contribution < -0.4 is 5.32 Å². The lowest BCUT2D eigenvalue weighted by Crippen LogP contribution is -2.14. The minimum Gasteiger partial charge on any atom is -0.302 e. The number of benzene rings is 1. The lowest BCUT2D eigenvalue weighted by Gasteiger charge is -1.98. The van der Waals surface area contributed by atoms with Crippen LogP contribution in [0.3, 0.4) is 0 Å². The van der Waals surface area contributed by atoms with Gasteiger partial charge in [-0.05, 0) is 36.8 Å². The molecule has 0 atom stereocenters. The molecule has 4 rings (SSSR count). The number of pyridine rings is 1. The zero-order chi connectivity index (χ0) is 17.2. The average molecular weight is 366 g/mol. The molecule has 1 amide bonds. The summed E-state index contributed by atoms with van der Waals surface area (Å²) in [5, 5.41) is 6.19. The summed E-state index contributed by atoms with van der Waals surface area (Å²) in [5.41, 5.74) is 3.64. The van der Waals surface area contributed by atoms with Crippen LogP contribution in [0, 0.1) is 6.92 Å². The molecule has 0 spiro atoms. The second-order valence-electron chi connectivity index (χ2n) is 5.57. The first-order valence-corrected chi connectivity index (χ1v) is 9.40. The van der Waals surface area contributed by atoms with Gasteiger partial charge in [0, 0.05) is 11.6 Å². The quantitative estimate of drug-likeness (QED) is 0.584. The fraction of sp³-hybridized carbons (Fsp3) is 0.111. The number of carbonyl (C=O) groups is 1. The molecule has 3 aromatic heterocycles. The van der Waals surface area contributed by atoms with Crippen molar-refractivity contribution in [2.24, 2.45) is 0 Å². The molecule has 0 bridgehead atoms. The predicted molar refractivity (Wildman–Crippen MR) is 102 cm³/mol. The Morgan fingerprint density at radius 2 is 2.12 bits per heavy atom. The molecule has 0 aliphatic rings. The Balaban J connectivity index is 1.46. The molecule has 0 aliphatic heterocycles. The number of hydrogen-bond donors (Lipinski definition) is 1. The first kappa shape index (κ1) is 15.9. The van der Waals surface area contributed by atoms with Crippen molar-refractivity contribution in [3.8, 4) is 10.7 Å². The van der Waals surface area contributed by atoms with Crippen molar-refractivity contribution in [2.45, 2.75) is 13.3 Å². The second kappa shape index (κ2) is 6.70. The summed E-state index contributed by atoms with van der Waals surface area (Å²) in [6.45, 7) is 2.04. The van der Waals surface area contributed by atoms with E-state index in [-0.39, 0.29) is 12.3 Å². The summed E-state index contributed by atoms with van der Waals surface area (Å²) in [4.78, 5) is 25.5. The number of amides is 1. The Bertz CT molecular complexity index is 1040. The van der Waals surface area contributed by atoms with E-state index in [0.717, 1.165) is 26.6 Å². The van der Waals surface area contributed by atoms with E-state index in [4.69, 9.17) is 0 Å². The van der Waals surface area contributed by atoms with Gasteiger partial charge in [0.25, 0.3) is 0 Å². The molecule has 7 heteroatoms. The molecular formula is C18H14N4OS2. The maximum Gasteiger partial charge on any atom is 0.232 e. The van der Waals surface area contributed by atoms with Gasteiger partial charge in [0.05, 0.1) is 28.0 Å². The van der Waals surface area contributed by atoms with Crippen molar-refractivity contribution in [3.05, 3.63) is 59.2 Å². The molecule has 25 heavy (non-hydrogen) atoms. The number of rotatable bonds is 4. The van der Waals surface area contributed by atoms with Gasteiger partial charge in [-0.15, -0.1) is 11.3 Å². The van der Waals surface area contributed by atoms with Gasteiger partial charge in [-0.2, -0.15) is 0 Å². The van der Waals surface area contributed by atoms with E-state index in [9.17, 15) is 4.79 Å². The molecule has 0 unspecified atom stereocenters. The average Bonchev–Trinajstić information content (AvgIpc) is 3.21. The number of aryl methyl sites for hydroxylation is 1. The summed E-state index contributed by atoms with van der Waals surface area (Å²) >= 11 is 2.97. The topological polar surface area (TPSA) is 67.8 Å². The molecule has 5 nitrogen and oxygen atoms in total. The van der Waals surface area contributed by atoms with Crippen LogP contribution in [-0.4, -0.2) is 20.9 Å². The first-order valence-electron chi connectivity index (χ1n) is 7.70. The molecule has 1 N–H and O–H groups in total. The van der Waals surface area contributed by atoms with Crippen molar-refractivity contribution in [3.63, 3.8) is 0 Å². The highest BCUT2D eigenvalue weighted by molar-refractivity contribution is 7.22. The van der Waals surface area contributed by atoms with Gasteiger partial charge in [0.2, 0.25) is 5.91 Å². The predicted octanol–water partition coefficient (Wildman–Crippen LogP) is 4.30. The van der Waals surface area contributed by atoms with E-state index in [2.05, 4.69) is 26.3 Å². The van der Waals surface area contributed by atoms with Crippen LogP contribution in [0.1, 0.15) is 11.3 Å². The molecule has 0 aliphatic carbocycles. The van der Waals surface area contributed by atoms with Crippen molar-refractivity contribution < 1.29 is 4.79 Å². The fourth-order valence-electron chi connectivity index (χ4n) is 2.41. The zero-order valence-electron chi connectivity index (χ0n) is 13.4. The molecular weight excluding hydrogens is 352 g/mol. The Kier molecular flexibility index (Phi) is 4.25. The van der Waals surface area contributed by atoms with E-state index >= 15 is 0 Å². The van der Waals surface area contributed by atoms with E-state index in [0.29, 0.717) is 5.13 Å². The monoisotopic (exact) mass is 366 g/mol. The number of hydrogen-bond acceptors (Lipinski definition) is 6.